The van der Waals surface area contributed by atoms with E-state index in [0.29, 0.717) is 5.69 Å². The van der Waals surface area contributed by atoms with Crippen molar-refractivity contribution in [3.8, 4) is 0 Å². The summed E-state index contributed by atoms with van der Waals surface area (Å²) >= 11 is 0. The van der Waals surface area contributed by atoms with Gasteiger partial charge in [0.1, 0.15) is 6.61 Å². The molecule has 0 saturated carbocycles. The molecule has 12 heavy (non-hydrogen) atoms. The number of hydrogen-bond acceptors (Lipinski definition) is 4. The minimum Gasteiger partial charge on any atom is -0.480 e. The van der Waals surface area contributed by atoms with E-state index >= 15 is 0 Å². The lowest BCUT2D eigenvalue weighted by Crippen LogP contribution is -2.07. The Morgan fingerprint density at radius 2 is 2.42 bits per heavy atom. The van der Waals surface area contributed by atoms with Crippen LogP contribution in [0.15, 0.2) is 18.6 Å². The summed E-state index contributed by atoms with van der Waals surface area (Å²) in [6.07, 6.45) is 4.60. The summed E-state index contributed by atoms with van der Waals surface area (Å²) in [5.41, 5.74) is 0.624. The molecule has 0 spiro atoms. The molecule has 0 aliphatic heterocycles. The lowest BCUT2D eigenvalue weighted by molar-refractivity contribution is -0.142. The summed E-state index contributed by atoms with van der Waals surface area (Å²) < 4.78 is 4.78. The fourth-order valence-corrected chi connectivity index (χ4v) is 0.647. The van der Waals surface area contributed by atoms with Gasteiger partial charge in [0.05, 0.1) is 18.5 Å². The van der Waals surface area contributed by atoms with Crippen molar-refractivity contribution >= 4 is 5.97 Å². The monoisotopic (exact) mass is 168 g/mol. The molecule has 1 aromatic heterocycles. The van der Waals surface area contributed by atoms with E-state index in [1.54, 1.807) is 6.20 Å². The summed E-state index contributed by atoms with van der Waals surface area (Å²) in [6.45, 7) is -0.128. The van der Waals surface area contributed by atoms with Crippen LogP contribution in [0, 0.1) is 0 Å². The van der Waals surface area contributed by atoms with Gasteiger partial charge in [-0.15, -0.1) is 0 Å². The van der Waals surface area contributed by atoms with Crippen LogP contribution < -0.4 is 0 Å². The summed E-state index contributed by atoms with van der Waals surface area (Å²) in [7, 11) is 0. The standard InChI is InChI=1S/C7H8N2O3/c10-7(11)5-12-4-6-3-8-1-2-9-6/h1-3H,4-5H2,(H,10,11). The van der Waals surface area contributed by atoms with Crippen molar-refractivity contribution in [1.82, 2.24) is 9.97 Å². The molecular formula is C7H8N2O3. The second-order valence-electron chi connectivity index (χ2n) is 2.08. The van der Waals surface area contributed by atoms with Crippen molar-refractivity contribution in [1.29, 1.82) is 0 Å². The molecule has 1 heterocycles. The van der Waals surface area contributed by atoms with Gasteiger partial charge in [-0.05, 0) is 0 Å². The van der Waals surface area contributed by atoms with Gasteiger partial charge in [0.15, 0.2) is 0 Å². The van der Waals surface area contributed by atoms with Crippen LogP contribution >= 0.6 is 0 Å². The molecule has 0 atom stereocenters. The zero-order valence-electron chi connectivity index (χ0n) is 6.30. The van der Waals surface area contributed by atoms with Crippen molar-refractivity contribution in [3.63, 3.8) is 0 Å². The Hall–Kier alpha value is -1.49. The molecule has 0 aromatic carbocycles. The molecule has 0 amide bonds. The molecule has 0 aliphatic carbocycles. The Balaban J connectivity index is 2.29. The second-order valence-corrected chi connectivity index (χ2v) is 2.08. The van der Waals surface area contributed by atoms with Gasteiger partial charge in [-0.2, -0.15) is 0 Å². The highest BCUT2D eigenvalue weighted by molar-refractivity contribution is 5.67. The number of nitrogens with zero attached hydrogens (tertiary/aromatic N) is 2. The summed E-state index contributed by atoms with van der Waals surface area (Å²) in [5.74, 6) is -0.987. The highest BCUT2D eigenvalue weighted by atomic mass is 16.5. The third kappa shape index (κ3) is 3.07. The number of rotatable bonds is 4. The maximum absolute atomic E-state index is 10.0. The van der Waals surface area contributed by atoms with Crippen molar-refractivity contribution in [2.24, 2.45) is 0 Å². The molecule has 0 unspecified atom stereocenters. The predicted molar refractivity (Wildman–Crippen MR) is 39.3 cm³/mol. The molecule has 1 aromatic rings. The molecular weight excluding hydrogens is 160 g/mol. The number of ether oxygens (including phenoxy) is 1. The maximum Gasteiger partial charge on any atom is 0.329 e. The Morgan fingerprint density at radius 1 is 1.58 bits per heavy atom. The fraction of sp³-hybridized carbons (Fsp3) is 0.286. The zero-order chi connectivity index (χ0) is 8.81. The highest BCUT2D eigenvalue weighted by Crippen LogP contribution is 1.92. The Morgan fingerprint density at radius 3 is 3.00 bits per heavy atom. The van der Waals surface area contributed by atoms with E-state index in [0.717, 1.165) is 0 Å². The van der Waals surface area contributed by atoms with E-state index in [4.69, 9.17) is 9.84 Å². The highest BCUT2D eigenvalue weighted by Gasteiger charge is 1.97. The minimum atomic E-state index is -0.987. The van der Waals surface area contributed by atoms with Gasteiger partial charge in [0, 0.05) is 12.4 Å². The van der Waals surface area contributed by atoms with E-state index in [1.807, 2.05) is 0 Å². The average molecular weight is 168 g/mol. The van der Waals surface area contributed by atoms with Gasteiger partial charge in [-0.1, -0.05) is 0 Å². The van der Waals surface area contributed by atoms with Gasteiger partial charge in [0.25, 0.3) is 0 Å². The molecule has 0 radical (unpaired) electrons. The van der Waals surface area contributed by atoms with E-state index < -0.39 is 5.97 Å². The number of hydrogen-bond donors (Lipinski definition) is 1. The molecule has 5 nitrogen and oxygen atoms in total. The second kappa shape index (κ2) is 4.40. The van der Waals surface area contributed by atoms with Gasteiger partial charge in [-0.25, -0.2) is 4.79 Å². The van der Waals surface area contributed by atoms with Gasteiger partial charge in [0.2, 0.25) is 0 Å². The largest absolute Gasteiger partial charge is 0.480 e. The first-order valence-corrected chi connectivity index (χ1v) is 3.33. The number of carboxylic acid groups (broad SMARTS) is 1. The van der Waals surface area contributed by atoms with Crippen molar-refractivity contribution in [2.75, 3.05) is 6.61 Å². The lowest BCUT2D eigenvalue weighted by atomic mass is 10.5. The summed E-state index contributed by atoms with van der Waals surface area (Å²) in [5, 5.41) is 8.23. The normalized spacial score (nSPS) is 9.67. The lowest BCUT2D eigenvalue weighted by Gasteiger charge is -1.98. The van der Waals surface area contributed by atoms with Crippen LogP contribution in [0.4, 0.5) is 0 Å². The summed E-state index contributed by atoms with van der Waals surface area (Å²) in [4.78, 5) is 17.7. The van der Waals surface area contributed by atoms with Gasteiger partial charge in [-0.3, -0.25) is 9.97 Å². The van der Waals surface area contributed by atoms with Crippen LogP contribution in [-0.2, 0) is 16.1 Å². The van der Waals surface area contributed by atoms with E-state index in [-0.39, 0.29) is 13.2 Å². The van der Waals surface area contributed by atoms with Crippen LogP contribution in [-0.4, -0.2) is 27.7 Å². The van der Waals surface area contributed by atoms with E-state index in [9.17, 15) is 4.79 Å². The first kappa shape index (κ1) is 8.61. The predicted octanol–water partition coefficient (Wildman–Crippen LogP) is 0.0778. The van der Waals surface area contributed by atoms with Crippen LogP contribution in [0.5, 0.6) is 0 Å². The van der Waals surface area contributed by atoms with Gasteiger partial charge < -0.3 is 9.84 Å². The molecule has 0 fully saturated rings. The fourth-order valence-electron chi connectivity index (χ4n) is 0.647. The van der Waals surface area contributed by atoms with Crippen LogP contribution in [0.3, 0.4) is 0 Å². The molecule has 0 saturated heterocycles. The number of aliphatic carboxylic acids is 1. The molecule has 64 valence electrons. The van der Waals surface area contributed by atoms with Crippen molar-refractivity contribution in [2.45, 2.75) is 6.61 Å². The zero-order valence-corrected chi connectivity index (χ0v) is 6.30. The van der Waals surface area contributed by atoms with Crippen LogP contribution in [0.2, 0.25) is 0 Å². The first-order valence-electron chi connectivity index (χ1n) is 3.33. The SMILES string of the molecule is O=C(O)COCc1cnccn1. The first-order chi connectivity index (χ1) is 5.79. The molecule has 0 bridgehead atoms. The third-order valence-electron chi connectivity index (χ3n) is 1.09. The number of aromatic nitrogens is 2. The number of carbonyl (C=O) groups is 1. The third-order valence-corrected chi connectivity index (χ3v) is 1.09. The topological polar surface area (TPSA) is 72.3 Å². The van der Waals surface area contributed by atoms with Crippen LogP contribution in [0.1, 0.15) is 5.69 Å². The van der Waals surface area contributed by atoms with E-state index in [2.05, 4.69) is 9.97 Å². The van der Waals surface area contributed by atoms with Gasteiger partial charge >= 0.3 is 5.97 Å². The maximum atomic E-state index is 10.0. The Labute approximate surface area is 69.0 Å². The molecule has 1 N–H and O–H groups in total. The average Bonchev–Trinajstić information content (AvgIpc) is 2.05. The molecule has 0 aliphatic rings. The Bertz CT molecular complexity index is 250. The number of carboxylic acids is 1. The summed E-state index contributed by atoms with van der Waals surface area (Å²) in [6, 6.07) is 0. The van der Waals surface area contributed by atoms with E-state index in [1.165, 1.54) is 12.4 Å². The molecule has 5 heteroatoms. The Kier molecular flexibility index (Phi) is 3.16. The smallest absolute Gasteiger partial charge is 0.329 e. The minimum absolute atomic E-state index is 0.181. The van der Waals surface area contributed by atoms with Crippen molar-refractivity contribution in [3.05, 3.63) is 24.3 Å². The van der Waals surface area contributed by atoms with Crippen LogP contribution in [0.25, 0.3) is 0 Å². The quantitative estimate of drug-likeness (QED) is 0.689. The molecule has 1 rings (SSSR count). The van der Waals surface area contributed by atoms with Crippen molar-refractivity contribution < 1.29 is 14.6 Å².